The number of methoxy groups -OCH3 is 1. The summed E-state index contributed by atoms with van der Waals surface area (Å²) in [6, 6.07) is 6.02. The Morgan fingerprint density at radius 3 is 2.65 bits per heavy atom. The van der Waals surface area contributed by atoms with Crippen LogP contribution >= 0.6 is 0 Å². The van der Waals surface area contributed by atoms with Crippen molar-refractivity contribution in [1.29, 1.82) is 0 Å². The van der Waals surface area contributed by atoms with Crippen LogP contribution in [0.2, 0.25) is 0 Å². The van der Waals surface area contributed by atoms with Gasteiger partial charge in [-0.05, 0) is 17.7 Å². The van der Waals surface area contributed by atoms with E-state index < -0.39 is 24.5 Å². The van der Waals surface area contributed by atoms with Crippen LogP contribution in [0.4, 0.5) is 4.79 Å². The third-order valence-electron chi connectivity index (χ3n) is 2.29. The Balaban J connectivity index is 2.52. The van der Waals surface area contributed by atoms with Gasteiger partial charge in [0.15, 0.2) is 6.61 Å². The standard InChI is InChI=1S/C13H16N2O5/c1-14-13(18)15-11(16)8-20-12(17)10-5-3-4-9(6-10)7-19-2/h3-6H,7-8H2,1-2H3,(H2,14,15,16,18). The van der Waals surface area contributed by atoms with Crippen LogP contribution in [-0.2, 0) is 20.9 Å². The fourth-order valence-corrected chi connectivity index (χ4v) is 1.39. The number of hydrogen-bond acceptors (Lipinski definition) is 5. The third kappa shape index (κ3) is 5.07. The molecular weight excluding hydrogens is 264 g/mol. The van der Waals surface area contributed by atoms with E-state index in [1.54, 1.807) is 31.4 Å². The summed E-state index contributed by atoms with van der Waals surface area (Å²) >= 11 is 0. The monoisotopic (exact) mass is 280 g/mol. The fourth-order valence-electron chi connectivity index (χ4n) is 1.39. The van der Waals surface area contributed by atoms with Gasteiger partial charge in [0.25, 0.3) is 5.91 Å². The van der Waals surface area contributed by atoms with Crippen LogP contribution in [-0.4, -0.2) is 38.7 Å². The van der Waals surface area contributed by atoms with Crippen molar-refractivity contribution in [1.82, 2.24) is 10.6 Å². The molecule has 0 unspecified atom stereocenters. The molecule has 0 atom stereocenters. The van der Waals surface area contributed by atoms with Gasteiger partial charge in [-0.2, -0.15) is 0 Å². The van der Waals surface area contributed by atoms with Gasteiger partial charge in [-0.25, -0.2) is 9.59 Å². The second kappa shape index (κ2) is 7.90. The Morgan fingerprint density at radius 1 is 1.25 bits per heavy atom. The highest BCUT2D eigenvalue weighted by atomic mass is 16.5. The minimum absolute atomic E-state index is 0.312. The molecule has 0 aliphatic heterocycles. The SMILES string of the molecule is CNC(=O)NC(=O)COC(=O)c1cccc(COC)c1. The van der Waals surface area contributed by atoms with Gasteiger partial charge in [-0.3, -0.25) is 10.1 Å². The van der Waals surface area contributed by atoms with Gasteiger partial charge in [-0.15, -0.1) is 0 Å². The molecule has 7 heteroatoms. The average Bonchev–Trinajstić information content (AvgIpc) is 2.45. The molecule has 20 heavy (non-hydrogen) atoms. The van der Waals surface area contributed by atoms with Crippen molar-refractivity contribution in [3.05, 3.63) is 35.4 Å². The van der Waals surface area contributed by atoms with Crippen LogP contribution in [0.3, 0.4) is 0 Å². The number of ether oxygens (including phenoxy) is 2. The molecule has 0 saturated heterocycles. The Hall–Kier alpha value is -2.41. The molecule has 0 aliphatic carbocycles. The van der Waals surface area contributed by atoms with Crippen LogP contribution in [0.1, 0.15) is 15.9 Å². The number of carbonyl (C=O) groups is 3. The molecule has 1 rings (SSSR count). The van der Waals surface area contributed by atoms with Crippen LogP contribution in [0.15, 0.2) is 24.3 Å². The first-order chi connectivity index (χ1) is 9.56. The fraction of sp³-hybridized carbons (Fsp3) is 0.308. The van der Waals surface area contributed by atoms with Gasteiger partial charge >= 0.3 is 12.0 Å². The lowest BCUT2D eigenvalue weighted by Crippen LogP contribution is -2.39. The quantitative estimate of drug-likeness (QED) is 0.764. The maximum absolute atomic E-state index is 11.7. The number of urea groups is 1. The van der Waals surface area contributed by atoms with E-state index >= 15 is 0 Å². The van der Waals surface area contributed by atoms with E-state index in [9.17, 15) is 14.4 Å². The van der Waals surface area contributed by atoms with Crippen molar-refractivity contribution in [3.63, 3.8) is 0 Å². The summed E-state index contributed by atoms with van der Waals surface area (Å²) in [5.74, 6) is -1.35. The van der Waals surface area contributed by atoms with Gasteiger partial charge in [0.2, 0.25) is 0 Å². The molecule has 0 aliphatic rings. The molecule has 0 bridgehead atoms. The van der Waals surface area contributed by atoms with Gasteiger partial charge in [0.1, 0.15) is 0 Å². The summed E-state index contributed by atoms with van der Waals surface area (Å²) in [5.41, 5.74) is 1.13. The lowest BCUT2D eigenvalue weighted by Gasteiger charge is -2.06. The van der Waals surface area contributed by atoms with Crippen LogP contribution < -0.4 is 10.6 Å². The molecule has 1 aromatic rings. The zero-order valence-corrected chi connectivity index (χ0v) is 11.3. The number of carbonyl (C=O) groups excluding carboxylic acids is 3. The summed E-state index contributed by atoms with van der Waals surface area (Å²) in [7, 11) is 2.92. The minimum atomic E-state index is -0.703. The molecule has 0 saturated carbocycles. The predicted octanol–water partition coefficient (Wildman–Crippen LogP) is 0.445. The first-order valence-corrected chi connectivity index (χ1v) is 5.83. The molecule has 0 aromatic heterocycles. The Bertz CT molecular complexity index is 501. The largest absolute Gasteiger partial charge is 0.452 e. The van der Waals surface area contributed by atoms with Crippen molar-refractivity contribution in [2.75, 3.05) is 20.8 Å². The second-order valence-corrected chi connectivity index (χ2v) is 3.84. The topological polar surface area (TPSA) is 93.7 Å². The summed E-state index contributed by atoms with van der Waals surface area (Å²) < 4.78 is 9.75. The third-order valence-corrected chi connectivity index (χ3v) is 2.29. The molecule has 7 nitrogen and oxygen atoms in total. The van der Waals surface area contributed by atoms with Gasteiger partial charge < -0.3 is 14.8 Å². The summed E-state index contributed by atoms with van der Waals surface area (Å²) in [4.78, 5) is 33.8. The molecular formula is C13H16N2O5. The van der Waals surface area contributed by atoms with Gasteiger partial charge in [0.05, 0.1) is 12.2 Å². The Kier molecular flexibility index (Phi) is 6.18. The van der Waals surface area contributed by atoms with E-state index in [0.717, 1.165) is 5.56 Å². The number of nitrogens with one attached hydrogen (secondary N) is 2. The van der Waals surface area contributed by atoms with E-state index in [-0.39, 0.29) is 0 Å². The smallest absolute Gasteiger partial charge is 0.338 e. The van der Waals surface area contributed by atoms with Gasteiger partial charge in [-0.1, -0.05) is 12.1 Å². The first kappa shape index (κ1) is 15.6. The number of benzene rings is 1. The van der Waals surface area contributed by atoms with Crippen molar-refractivity contribution in [2.45, 2.75) is 6.61 Å². The van der Waals surface area contributed by atoms with E-state index in [2.05, 4.69) is 5.32 Å². The zero-order chi connectivity index (χ0) is 15.0. The molecule has 1 aromatic carbocycles. The minimum Gasteiger partial charge on any atom is -0.452 e. The maximum Gasteiger partial charge on any atom is 0.338 e. The van der Waals surface area contributed by atoms with Gasteiger partial charge in [0, 0.05) is 14.2 Å². The summed E-state index contributed by atoms with van der Waals surface area (Å²) in [5, 5.41) is 4.19. The van der Waals surface area contributed by atoms with E-state index in [1.807, 2.05) is 5.32 Å². The zero-order valence-electron chi connectivity index (χ0n) is 11.3. The highest BCUT2D eigenvalue weighted by Crippen LogP contribution is 2.07. The number of rotatable bonds is 5. The number of esters is 1. The molecule has 0 spiro atoms. The number of hydrogen-bond donors (Lipinski definition) is 2. The van der Waals surface area contributed by atoms with Crippen LogP contribution in [0.5, 0.6) is 0 Å². The van der Waals surface area contributed by atoms with Crippen molar-refractivity contribution in [2.24, 2.45) is 0 Å². The number of imide groups is 1. The first-order valence-electron chi connectivity index (χ1n) is 5.83. The van der Waals surface area contributed by atoms with Crippen LogP contribution in [0.25, 0.3) is 0 Å². The van der Waals surface area contributed by atoms with E-state index in [0.29, 0.717) is 12.2 Å². The van der Waals surface area contributed by atoms with E-state index in [4.69, 9.17) is 9.47 Å². The van der Waals surface area contributed by atoms with Crippen molar-refractivity contribution >= 4 is 17.9 Å². The Morgan fingerprint density at radius 2 is 2.00 bits per heavy atom. The number of amides is 3. The molecule has 3 amide bonds. The maximum atomic E-state index is 11.7. The normalized spacial score (nSPS) is 9.70. The second-order valence-electron chi connectivity index (χ2n) is 3.84. The van der Waals surface area contributed by atoms with Crippen molar-refractivity contribution in [3.8, 4) is 0 Å². The summed E-state index contributed by atoms with van der Waals surface area (Å²) in [6.45, 7) is -0.154. The lowest BCUT2D eigenvalue weighted by atomic mass is 10.1. The average molecular weight is 280 g/mol. The molecule has 0 radical (unpaired) electrons. The van der Waals surface area contributed by atoms with Crippen molar-refractivity contribution < 1.29 is 23.9 Å². The molecule has 0 heterocycles. The highest BCUT2D eigenvalue weighted by Gasteiger charge is 2.12. The summed E-state index contributed by atoms with van der Waals surface area (Å²) in [6.07, 6.45) is 0. The molecule has 108 valence electrons. The van der Waals surface area contributed by atoms with E-state index in [1.165, 1.54) is 7.05 Å². The molecule has 2 N–H and O–H groups in total. The predicted molar refractivity (Wildman–Crippen MR) is 70.0 cm³/mol. The molecule has 0 fully saturated rings. The lowest BCUT2D eigenvalue weighted by molar-refractivity contribution is -0.123. The Labute approximate surface area is 116 Å². The highest BCUT2D eigenvalue weighted by molar-refractivity contribution is 5.96. The van der Waals surface area contributed by atoms with Crippen LogP contribution in [0, 0.1) is 0 Å².